The van der Waals surface area contributed by atoms with Crippen LogP contribution in [0.5, 0.6) is 0 Å². The normalized spacial score (nSPS) is 21.7. The maximum absolute atomic E-state index is 13.0. The third kappa shape index (κ3) is 3.97. The highest BCUT2D eigenvalue weighted by molar-refractivity contribution is 7.90. The average Bonchev–Trinajstić information content (AvgIpc) is 3.09. The molecule has 0 saturated carbocycles. The molecule has 1 amide bonds. The summed E-state index contributed by atoms with van der Waals surface area (Å²) >= 11 is 0. The van der Waals surface area contributed by atoms with Gasteiger partial charge in [0.1, 0.15) is 9.84 Å². The molecular weight excluding hydrogens is 388 g/mol. The van der Waals surface area contributed by atoms with Crippen molar-refractivity contribution in [2.24, 2.45) is 5.92 Å². The predicted octanol–water partition coefficient (Wildman–Crippen LogP) is 1.44. The number of likely N-dealkylation sites (N-methyl/N-ethyl adjacent to an activating group) is 1. The molecule has 1 aliphatic carbocycles. The van der Waals surface area contributed by atoms with E-state index in [-0.39, 0.29) is 23.6 Å². The van der Waals surface area contributed by atoms with Crippen molar-refractivity contribution in [2.45, 2.75) is 18.9 Å². The van der Waals surface area contributed by atoms with Gasteiger partial charge in [0.15, 0.2) is 0 Å². The summed E-state index contributed by atoms with van der Waals surface area (Å²) in [6.07, 6.45) is 6.88. The summed E-state index contributed by atoms with van der Waals surface area (Å²) in [5.41, 5.74) is 7.94. The zero-order chi connectivity index (χ0) is 20.8. The molecule has 0 fully saturated rings. The van der Waals surface area contributed by atoms with E-state index >= 15 is 0 Å². The number of sulfone groups is 1. The molecule has 2 atom stereocenters. The largest absolute Gasteiger partial charge is 0.361 e. The monoisotopic (exact) mass is 416 g/mol. The lowest BCUT2D eigenvalue weighted by atomic mass is 9.80. The number of nitrogens with zero attached hydrogens (tertiary/aromatic N) is 2. The number of H-pyrrole nitrogens is 1. The van der Waals surface area contributed by atoms with Gasteiger partial charge in [-0.15, -0.1) is 0 Å². The van der Waals surface area contributed by atoms with Gasteiger partial charge in [-0.05, 0) is 42.7 Å². The van der Waals surface area contributed by atoms with Crippen molar-refractivity contribution < 1.29 is 13.2 Å². The Morgan fingerprint density at radius 3 is 2.93 bits per heavy atom. The fourth-order valence-corrected chi connectivity index (χ4v) is 5.18. The van der Waals surface area contributed by atoms with E-state index in [4.69, 9.17) is 0 Å². The molecule has 2 aliphatic rings. The van der Waals surface area contributed by atoms with Gasteiger partial charge in [0.05, 0.1) is 11.7 Å². The van der Waals surface area contributed by atoms with Crippen LogP contribution in [0.15, 0.2) is 30.5 Å². The minimum Gasteiger partial charge on any atom is -0.361 e. The third-order valence-corrected chi connectivity index (χ3v) is 6.99. The zero-order valence-corrected chi connectivity index (χ0v) is 17.9. The first-order chi connectivity index (χ1) is 13.7. The molecule has 7 nitrogen and oxygen atoms in total. The highest BCUT2D eigenvalue weighted by atomic mass is 32.2. The van der Waals surface area contributed by atoms with E-state index in [2.05, 4.69) is 52.8 Å². The molecule has 2 aromatic rings. The van der Waals surface area contributed by atoms with Gasteiger partial charge >= 0.3 is 0 Å². The molecule has 4 rings (SSSR count). The van der Waals surface area contributed by atoms with Crippen LogP contribution < -0.4 is 5.43 Å². The second kappa shape index (κ2) is 7.59. The number of hydrazine groups is 1. The maximum Gasteiger partial charge on any atom is 0.244 e. The minimum absolute atomic E-state index is 0.00537. The van der Waals surface area contributed by atoms with E-state index in [1.165, 1.54) is 33.4 Å². The van der Waals surface area contributed by atoms with Crippen molar-refractivity contribution in [1.29, 1.82) is 0 Å². The number of aromatic amines is 1. The maximum atomic E-state index is 13.0. The second-order valence-corrected chi connectivity index (χ2v) is 10.5. The van der Waals surface area contributed by atoms with Crippen LogP contribution >= 0.6 is 0 Å². The van der Waals surface area contributed by atoms with Crippen molar-refractivity contribution in [3.8, 4) is 0 Å². The summed E-state index contributed by atoms with van der Waals surface area (Å²) in [6.45, 7) is 1.11. The van der Waals surface area contributed by atoms with Crippen molar-refractivity contribution in [1.82, 2.24) is 20.3 Å². The highest BCUT2D eigenvalue weighted by Gasteiger charge is 2.36. The zero-order valence-electron chi connectivity index (χ0n) is 17.1. The van der Waals surface area contributed by atoms with Gasteiger partial charge in [-0.25, -0.2) is 13.8 Å². The van der Waals surface area contributed by atoms with Crippen molar-refractivity contribution >= 4 is 32.2 Å². The van der Waals surface area contributed by atoms with Crippen LogP contribution in [0.25, 0.3) is 16.5 Å². The smallest absolute Gasteiger partial charge is 0.244 e. The summed E-state index contributed by atoms with van der Waals surface area (Å²) in [5, 5.41) is 2.77. The molecule has 1 aromatic carbocycles. The minimum atomic E-state index is -2.98. The molecule has 0 saturated heterocycles. The first kappa shape index (κ1) is 20.1. The Bertz CT molecular complexity index is 1070. The summed E-state index contributed by atoms with van der Waals surface area (Å²) in [4.78, 5) is 18.6. The molecule has 8 heteroatoms. The molecule has 2 N–H and O–H groups in total. The lowest BCUT2D eigenvalue weighted by Crippen LogP contribution is -2.50. The first-order valence-electron chi connectivity index (χ1n) is 9.94. The molecule has 29 heavy (non-hydrogen) atoms. The molecular formula is C21H28N4O3S. The number of amides is 1. The second-order valence-electron chi connectivity index (χ2n) is 8.22. The lowest BCUT2D eigenvalue weighted by molar-refractivity contribution is -0.136. The van der Waals surface area contributed by atoms with Crippen molar-refractivity contribution in [3.05, 3.63) is 41.6 Å². The number of carbonyl (C=O) groups is 1. The van der Waals surface area contributed by atoms with E-state index in [1.807, 2.05) is 0 Å². The number of hydrogen-bond acceptors (Lipinski definition) is 5. The predicted molar refractivity (Wildman–Crippen MR) is 115 cm³/mol. The highest BCUT2D eigenvalue weighted by Crippen LogP contribution is 2.40. The van der Waals surface area contributed by atoms with Gasteiger partial charge in [-0.1, -0.05) is 18.2 Å². The Morgan fingerprint density at radius 2 is 2.17 bits per heavy atom. The van der Waals surface area contributed by atoms with E-state index in [0.29, 0.717) is 19.5 Å². The van der Waals surface area contributed by atoms with Crippen LogP contribution in [0.3, 0.4) is 0 Å². The van der Waals surface area contributed by atoms with Gasteiger partial charge in [0, 0.05) is 49.5 Å². The van der Waals surface area contributed by atoms with Crippen LogP contribution in [-0.4, -0.2) is 74.5 Å². The van der Waals surface area contributed by atoms with Crippen molar-refractivity contribution in [3.63, 3.8) is 0 Å². The van der Waals surface area contributed by atoms with Crippen LogP contribution in [0.4, 0.5) is 0 Å². The van der Waals surface area contributed by atoms with Crippen molar-refractivity contribution in [2.75, 3.05) is 39.2 Å². The molecule has 0 bridgehead atoms. The van der Waals surface area contributed by atoms with E-state index in [0.717, 1.165) is 11.9 Å². The van der Waals surface area contributed by atoms with Gasteiger partial charge in [-0.3, -0.25) is 14.7 Å². The number of nitrogens with one attached hydrogen (secondary N) is 2. The summed E-state index contributed by atoms with van der Waals surface area (Å²) in [7, 11) is 0.802. The lowest BCUT2D eigenvalue weighted by Gasteiger charge is -2.40. The average molecular weight is 417 g/mol. The van der Waals surface area contributed by atoms with Crippen LogP contribution in [0, 0.1) is 5.92 Å². The molecule has 0 unspecified atom stereocenters. The number of carbonyl (C=O) groups excluding carboxylic acids is 1. The molecule has 0 radical (unpaired) electrons. The Balaban J connectivity index is 1.52. The topological polar surface area (TPSA) is 85.5 Å². The number of hydrogen-bond donors (Lipinski definition) is 2. The standard InChI is InChI=1S/C21H28N4O3S/c1-24-13-15(21(26)25(2)23-8-5-9-29(3,27)28)10-17-16-6-4-7-18-20(16)14(12-22-18)11-19(17)24/h4,6-7,10,12,15,19,22-23H,5,8-9,11,13H2,1-3H3/t15-,19-/m1/s1. The van der Waals surface area contributed by atoms with Crippen LogP contribution in [0.2, 0.25) is 0 Å². The molecule has 2 heterocycles. The molecule has 1 aromatic heterocycles. The van der Waals surface area contributed by atoms with Gasteiger partial charge in [0.2, 0.25) is 5.91 Å². The Labute approximate surface area is 171 Å². The molecule has 0 spiro atoms. The Hall–Kier alpha value is -2.16. The first-order valence-corrected chi connectivity index (χ1v) is 12.0. The molecule has 156 valence electrons. The molecule has 1 aliphatic heterocycles. The summed E-state index contributed by atoms with van der Waals surface area (Å²) in [6, 6.07) is 6.57. The van der Waals surface area contributed by atoms with Gasteiger partial charge < -0.3 is 4.98 Å². The third-order valence-electron chi connectivity index (χ3n) is 5.96. The van der Waals surface area contributed by atoms with E-state index < -0.39 is 9.84 Å². The summed E-state index contributed by atoms with van der Waals surface area (Å²) in [5.74, 6) is -0.133. The number of fused-ring (bicyclic) bond motifs is 2. The number of aromatic nitrogens is 1. The van der Waals surface area contributed by atoms with Crippen LogP contribution in [-0.2, 0) is 21.1 Å². The fraction of sp³-hybridized carbons (Fsp3) is 0.476. The quantitative estimate of drug-likeness (QED) is 0.550. The SMILES string of the molecule is CN(NCCCS(C)(=O)=O)C(=O)[C@@H]1C=C2c3cccc4[nH]cc(c34)C[C@H]2N(C)C1. The summed E-state index contributed by atoms with van der Waals surface area (Å²) < 4.78 is 22.5. The van der Waals surface area contributed by atoms with E-state index in [1.54, 1.807) is 7.05 Å². The number of benzene rings is 1. The fourth-order valence-electron chi connectivity index (χ4n) is 4.51. The van der Waals surface area contributed by atoms with Gasteiger partial charge in [-0.2, -0.15) is 0 Å². The van der Waals surface area contributed by atoms with Gasteiger partial charge in [0.25, 0.3) is 0 Å². The Kier molecular flexibility index (Phi) is 5.27. The number of rotatable bonds is 6. The van der Waals surface area contributed by atoms with E-state index in [9.17, 15) is 13.2 Å². The van der Waals surface area contributed by atoms with Crippen LogP contribution in [0.1, 0.15) is 17.5 Å². The Morgan fingerprint density at radius 1 is 1.38 bits per heavy atom.